The Balaban J connectivity index is 1.38. The van der Waals surface area contributed by atoms with Gasteiger partial charge in [0.25, 0.3) is 15.9 Å². The van der Waals surface area contributed by atoms with E-state index < -0.39 is 10.0 Å². The van der Waals surface area contributed by atoms with Crippen LogP contribution in [0.5, 0.6) is 11.5 Å². The van der Waals surface area contributed by atoms with Gasteiger partial charge in [0.05, 0.1) is 27.2 Å². The molecule has 0 bridgehead atoms. The maximum Gasteiger partial charge on any atom is 0.261 e. The van der Waals surface area contributed by atoms with Crippen molar-refractivity contribution >= 4 is 44.8 Å². The molecule has 0 spiro atoms. The summed E-state index contributed by atoms with van der Waals surface area (Å²) < 4.78 is 37.0. The number of carbonyl (C=O) groups excluding carboxylic acids is 1. The van der Waals surface area contributed by atoms with Crippen molar-refractivity contribution in [2.45, 2.75) is 31.3 Å². The van der Waals surface area contributed by atoms with Gasteiger partial charge in [0.15, 0.2) is 0 Å². The molecule has 0 saturated carbocycles. The number of fused-ring (bicyclic) bond motifs is 1. The molecule has 7 nitrogen and oxygen atoms in total. The summed E-state index contributed by atoms with van der Waals surface area (Å²) in [6, 6.07) is 21.3. The monoisotopic (exact) mass is 569 g/mol. The van der Waals surface area contributed by atoms with E-state index in [0.717, 1.165) is 11.4 Å². The van der Waals surface area contributed by atoms with E-state index in [4.69, 9.17) is 27.9 Å². The molecule has 4 aromatic rings. The lowest BCUT2D eigenvalue weighted by Crippen LogP contribution is -2.41. The summed E-state index contributed by atoms with van der Waals surface area (Å²) in [6.45, 7) is 5.15. The summed E-state index contributed by atoms with van der Waals surface area (Å²) in [7, 11) is -4.02. The highest BCUT2D eigenvalue weighted by molar-refractivity contribution is 7.92. The van der Waals surface area contributed by atoms with Crippen LogP contribution >= 0.6 is 23.2 Å². The van der Waals surface area contributed by atoms with Gasteiger partial charge < -0.3 is 14.2 Å². The van der Waals surface area contributed by atoms with E-state index in [9.17, 15) is 13.2 Å². The lowest BCUT2D eigenvalue weighted by atomic mass is 10.1. The summed E-state index contributed by atoms with van der Waals surface area (Å²) in [5.41, 5.74) is 2.51. The molecule has 0 radical (unpaired) electrons. The molecule has 0 saturated heterocycles. The number of nitrogens with zero attached hydrogens (tertiary/aromatic N) is 2. The van der Waals surface area contributed by atoms with Gasteiger partial charge in [0, 0.05) is 29.5 Å². The Morgan fingerprint density at radius 2 is 1.71 bits per heavy atom. The van der Waals surface area contributed by atoms with Crippen molar-refractivity contribution in [1.82, 2.24) is 9.47 Å². The van der Waals surface area contributed by atoms with Crippen molar-refractivity contribution in [3.8, 4) is 11.5 Å². The molecule has 196 valence electrons. The van der Waals surface area contributed by atoms with Crippen LogP contribution in [0.25, 0.3) is 0 Å². The molecule has 10 heteroatoms. The van der Waals surface area contributed by atoms with E-state index >= 15 is 0 Å². The molecular weight excluding hydrogens is 545 g/mol. The maximum atomic E-state index is 13.7. The molecule has 0 unspecified atom stereocenters. The standard InChI is InChI=1S/C28H25Cl2N3O4S/c1-18-7-14-26-19(2)33(16-15-32(18)26)28(34)23-17-20(29)8-13-25(23)31-38(35,36)22-11-9-21(10-12-22)37-27-6-4-3-5-24(27)30/h3-14,17,19,31H,15-16H2,1-2H3/t19-/m0/s1. The van der Waals surface area contributed by atoms with Gasteiger partial charge in [0.2, 0.25) is 0 Å². The molecule has 1 amide bonds. The summed E-state index contributed by atoms with van der Waals surface area (Å²) in [5, 5.41) is 0.776. The molecule has 1 N–H and O–H groups in total. The summed E-state index contributed by atoms with van der Waals surface area (Å²) >= 11 is 12.4. The van der Waals surface area contributed by atoms with Crippen molar-refractivity contribution < 1.29 is 17.9 Å². The number of aromatic nitrogens is 1. The number of benzene rings is 3. The molecule has 38 heavy (non-hydrogen) atoms. The number of hydrogen-bond acceptors (Lipinski definition) is 4. The van der Waals surface area contributed by atoms with Crippen LogP contribution in [0, 0.1) is 6.92 Å². The highest BCUT2D eigenvalue weighted by atomic mass is 35.5. The van der Waals surface area contributed by atoms with Crippen molar-refractivity contribution in [2.75, 3.05) is 11.3 Å². The highest BCUT2D eigenvalue weighted by Gasteiger charge is 2.31. The summed E-state index contributed by atoms with van der Waals surface area (Å²) in [5.74, 6) is 0.589. The average molecular weight is 570 g/mol. The number of rotatable bonds is 6. The molecular formula is C28H25Cl2N3O4S. The summed E-state index contributed by atoms with van der Waals surface area (Å²) in [4.78, 5) is 15.4. The number of sulfonamides is 1. The highest BCUT2D eigenvalue weighted by Crippen LogP contribution is 2.33. The third-order valence-electron chi connectivity index (χ3n) is 6.61. The topological polar surface area (TPSA) is 80.6 Å². The van der Waals surface area contributed by atoms with E-state index in [2.05, 4.69) is 9.29 Å². The number of nitrogens with one attached hydrogen (secondary N) is 1. The number of ether oxygens (including phenoxy) is 1. The number of aryl methyl sites for hydroxylation is 1. The van der Waals surface area contributed by atoms with Gasteiger partial charge in [-0.15, -0.1) is 0 Å². The number of amides is 1. The third kappa shape index (κ3) is 5.12. The predicted octanol–water partition coefficient (Wildman–Crippen LogP) is 6.91. The minimum Gasteiger partial charge on any atom is -0.456 e. The van der Waals surface area contributed by atoms with Gasteiger partial charge in [-0.05, 0) is 80.6 Å². The van der Waals surface area contributed by atoms with Crippen LogP contribution in [0.3, 0.4) is 0 Å². The molecule has 1 atom stereocenters. The first-order chi connectivity index (χ1) is 18.1. The summed E-state index contributed by atoms with van der Waals surface area (Å²) in [6.07, 6.45) is 0. The molecule has 1 aliphatic heterocycles. The molecule has 5 rings (SSSR count). The second-order valence-corrected chi connectivity index (χ2v) is 11.6. The number of halogens is 2. The maximum absolute atomic E-state index is 13.7. The van der Waals surface area contributed by atoms with Gasteiger partial charge in [-0.2, -0.15) is 0 Å². The SMILES string of the molecule is Cc1ccc2n1CCN(C(=O)c1cc(Cl)ccc1NS(=O)(=O)c1ccc(Oc3ccccc3Cl)cc1)[C@H]2C. The Bertz CT molecular complexity index is 1620. The third-order valence-corrected chi connectivity index (χ3v) is 8.54. The number of hydrogen-bond donors (Lipinski definition) is 1. The van der Waals surface area contributed by atoms with Crippen molar-refractivity contribution in [3.63, 3.8) is 0 Å². The Hall–Kier alpha value is -3.46. The Labute approximate surface area is 231 Å². The number of carbonyl (C=O) groups is 1. The smallest absolute Gasteiger partial charge is 0.261 e. The Morgan fingerprint density at radius 1 is 0.974 bits per heavy atom. The van der Waals surface area contributed by atoms with Gasteiger partial charge in [-0.25, -0.2) is 8.42 Å². The number of para-hydroxylation sites is 1. The molecule has 0 fully saturated rings. The van der Waals surface area contributed by atoms with Crippen molar-refractivity contribution in [1.29, 1.82) is 0 Å². The quantitative estimate of drug-likeness (QED) is 0.273. The first-order valence-corrected chi connectivity index (χ1v) is 14.2. The Morgan fingerprint density at radius 3 is 2.45 bits per heavy atom. The average Bonchev–Trinajstić information content (AvgIpc) is 3.28. The van der Waals surface area contributed by atoms with Crippen LogP contribution in [0.15, 0.2) is 83.8 Å². The van der Waals surface area contributed by atoms with Crippen LogP contribution in [0.4, 0.5) is 5.69 Å². The zero-order valence-electron chi connectivity index (χ0n) is 20.7. The minimum absolute atomic E-state index is 0.0111. The number of anilines is 1. The molecule has 1 aliphatic rings. The van der Waals surface area contributed by atoms with Crippen LogP contribution in [-0.2, 0) is 16.6 Å². The van der Waals surface area contributed by atoms with Gasteiger partial charge >= 0.3 is 0 Å². The zero-order chi connectivity index (χ0) is 27.0. The lowest BCUT2D eigenvalue weighted by molar-refractivity contribution is 0.0644. The Kier molecular flexibility index (Phi) is 7.13. The van der Waals surface area contributed by atoms with E-state index in [0.29, 0.717) is 34.6 Å². The van der Waals surface area contributed by atoms with E-state index in [1.165, 1.54) is 24.3 Å². The fourth-order valence-corrected chi connectivity index (χ4v) is 6.01. The second-order valence-electron chi connectivity index (χ2n) is 9.03. The molecule has 2 heterocycles. The predicted molar refractivity (Wildman–Crippen MR) is 149 cm³/mol. The molecule has 0 aliphatic carbocycles. The lowest BCUT2D eigenvalue weighted by Gasteiger charge is -2.36. The van der Waals surface area contributed by atoms with Gasteiger partial charge in [0.1, 0.15) is 11.5 Å². The largest absolute Gasteiger partial charge is 0.456 e. The minimum atomic E-state index is -4.02. The van der Waals surface area contributed by atoms with Gasteiger partial charge in [-0.3, -0.25) is 9.52 Å². The van der Waals surface area contributed by atoms with Crippen LogP contribution in [-0.4, -0.2) is 30.3 Å². The van der Waals surface area contributed by atoms with Crippen LogP contribution in [0.1, 0.15) is 34.7 Å². The molecule has 3 aromatic carbocycles. The van der Waals surface area contributed by atoms with E-state index in [1.807, 2.05) is 26.0 Å². The first-order valence-electron chi connectivity index (χ1n) is 12.0. The van der Waals surface area contributed by atoms with E-state index in [1.54, 1.807) is 47.4 Å². The van der Waals surface area contributed by atoms with Crippen LogP contribution < -0.4 is 9.46 Å². The zero-order valence-corrected chi connectivity index (χ0v) is 23.0. The second kappa shape index (κ2) is 10.4. The molecule has 1 aromatic heterocycles. The van der Waals surface area contributed by atoms with Crippen molar-refractivity contribution in [3.05, 3.63) is 106 Å². The van der Waals surface area contributed by atoms with E-state index in [-0.39, 0.29) is 28.1 Å². The fourth-order valence-electron chi connectivity index (χ4n) is 4.58. The first kappa shape index (κ1) is 26.2. The van der Waals surface area contributed by atoms with Crippen molar-refractivity contribution in [2.24, 2.45) is 0 Å². The van der Waals surface area contributed by atoms with Crippen LogP contribution in [0.2, 0.25) is 10.0 Å². The van der Waals surface area contributed by atoms with Gasteiger partial charge in [-0.1, -0.05) is 35.3 Å². The normalized spacial score (nSPS) is 15.2. The fraction of sp³-hybridized carbons (Fsp3) is 0.179.